The summed E-state index contributed by atoms with van der Waals surface area (Å²) in [6.07, 6.45) is 0.522. The molecule has 0 aliphatic carbocycles. The molecule has 3 amide bonds. The van der Waals surface area contributed by atoms with Crippen LogP contribution in [0.4, 0.5) is 10.5 Å². The highest BCUT2D eigenvalue weighted by Gasteiger charge is 2.20. The lowest BCUT2D eigenvalue weighted by Crippen LogP contribution is -2.33. The van der Waals surface area contributed by atoms with Crippen LogP contribution in [-0.4, -0.2) is 43.1 Å². The van der Waals surface area contributed by atoms with Gasteiger partial charge in [-0.3, -0.25) is 9.69 Å². The molecule has 7 heteroatoms. The van der Waals surface area contributed by atoms with Crippen LogP contribution in [0, 0.1) is 0 Å². The van der Waals surface area contributed by atoms with Crippen LogP contribution >= 0.6 is 0 Å². The van der Waals surface area contributed by atoms with Gasteiger partial charge in [-0.25, -0.2) is 4.79 Å². The van der Waals surface area contributed by atoms with E-state index < -0.39 is 0 Å². The summed E-state index contributed by atoms with van der Waals surface area (Å²) in [6.45, 7) is 4.80. The molecule has 1 fully saturated rings. The normalized spacial score (nSPS) is 17.2. The van der Waals surface area contributed by atoms with Crippen molar-refractivity contribution in [3.05, 3.63) is 59.7 Å². The molecule has 154 valence electrons. The summed E-state index contributed by atoms with van der Waals surface area (Å²) in [5, 5.41) is 8.60. The third-order valence-electron chi connectivity index (χ3n) is 5.03. The molecule has 1 saturated heterocycles. The van der Waals surface area contributed by atoms with Gasteiger partial charge in [0, 0.05) is 44.3 Å². The Morgan fingerprint density at radius 2 is 1.83 bits per heavy atom. The maximum Gasteiger partial charge on any atom is 0.319 e. The molecule has 29 heavy (non-hydrogen) atoms. The molecule has 1 aliphatic heterocycles. The second kappa shape index (κ2) is 9.93. The Bertz CT molecular complexity index is 821. The number of hydrogen-bond acceptors (Lipinski definition) is 4. The number of methoxy groups -OCH3 is 1. The van der Waals surface area contributed by atoms with E-state index in [1.165, 1.54) is 0 Å². The number of benzene rings is 2. The molecule has 0 aromatic heterocycles. The van der Waals surface area contributed by atoms with E-state index in [9.17, 15) is 9.59 Å². The molecule has 1 unspecified atom stereocenters. The van der Waals surface area contributed by atoms with Crippen LogP contribution in [0.5, 0.6) is 5.75 Å². The molecule has 2 aromatic rings. The van der Waals surface area contributed by atoms with Gasteiger partial charge in [-0.1, -0.05) is 24.3 Å². The molecule has 1 atom stereocenters. The molecule has 1 heterocycles. The third kappa shape index (κ3) is 6.22. The van der Waals surface area contributed by atoms with Crippen molar-refractivity contribution in [3.63, 3.8) is 0 Å². The molecule has 1 aliphatic rings. The van der Waals surface area contributed by atoms with Gasteiger partial charge in [-0.05, 0) is 42.3 Å². The number of carbonyl (C=O) groups is 2. The van der Waals surface area contributed by atoms with Crippen LogP contribution in [-0.2, 0) is 17.9 Å². The molecule has 0 saturated carbocycles. The van der Waals surface area contributed by atoms with Gasteiger partial charge in [-0.15, -0.1) is 0 Å². The smallest absolute Gasteiger partial charge is 0.319 e. The minimum Gasteiger partial charge on any atom is -0.497 e. The first-order valence-corrected chi connectivity index (χ1v) is 9.81. The number of carbonyl (C=O) groups excluding carboxylic acids is 2. The topological polar surface area (TPSA) is 82.7 Å². The first-order chi connectivity index (χ1) is 14.0. The zero-order valence-corrected chi connectivity index (χ0v) is 16.9. The Morgan fingerprint density at radius 1 is 1.14 bits per heavy atom. The van der Waals surface area contributed by atoms with E-state index >= 15 is 0 Å². The minimum atomic E-state index is -0.251. The number of urea groups is 1. The maximum absolute atomic E-state index is 12.1. The number of anilines is 1. The van der Waals surface area contributed by atoms with E-state index in [1.54, 1.807) is 7.11 Å². The van der Waals surface area contributed by atoms with Crippen LogP contribution in [0.2, 0.25) is 0 Å². The van der Waals surface area contributed by atoms with Gasteiger partial charge in [0.15, 0.2) is 0 Å². The molecule has 0 spiro atoms. The lowest BCUT2D eigenvalue weighted by Gasteiger charge is -2.25. The quantitative estimate of drug-likeness (QED) is 0.701. The monoisotopic (exact) mass is 396 g/mol. The molecule has 0 bridgehead atoms. The number of ether oxygens (including phenoxy) is 1. The SMILES string of the molecule is COc1ccc(CNC(=O)Nc2ccc(CN3CCNC(=O)CC3C)cc2)cc1. The van der Waals surface area contributed by atoms with Crippen molar-refractivity contribution in [1.82, 2.24) is 15.5 Å². The van der Waals surface area contributed by atoms with E-state index in [0.29, 0.717) is 19.5 Å². The average Bonchev–Trinajstić information content (AvgIpc) is 2.88. The number of hydrogen-bond donors (Lipinski definition) is 3. The molecule has 3 rings (SSSR count). The second-order valence-electron chi connectivity index (χ2n) is 7.23. The van der Waals surface area contributed by atoms with Gasteiger partial charge in [0.25, 0.3) is 0 Å². The number of nitrogens with one attached hydrogen (secondary N) is 3. The summed E-state index contributed by atoms with van der Waals surface area (Å²) in [4.78, 5) is 26.0. The van der Waals surface area contributed by atoms with Crippen molar-refractivity contribution in [1.29, 1.82) is 0 Å². The number of amides is 3. The minimum absolute atomic E-state index is 0.111. The van der Waals surface area contributed by atoms with E-state index in [4.69, 9.17) is 4.74 Å². The van der Waals surface area contributed by atoms with E-state index in [1.807, 2.05) is 48.5 Å². The lowest BCUT2D eigenvalue weighted by atomic mass is 10.1. The molecule has 3 N–H and O–H groups in total. The first kappa shape index (κ1) is 20.7. The predicted octanol–water partition coefficient (Wildman–Crippen LogP) is 2.73. The third-order valence-corrected chi connectivity index (χ3v) is 5.03. The molecule has 2 aromatic carbocycles. The van der Waals surface area contributed by atoms with Gasteiger partial charge in [0.1, 0.15) is 5.75 Å². The Balaban J connectivity index is 1.47. The van der Waals surface area contributed by atoms with Crippen molar-refractivity contribution < 1.29 is 14.3 Å². The zero-order valence-electron chi connectivity index (χ0n) is 16.9. The zero-order chi connectivity index (χ0) is 20.6. The van der Waals surface area contributed by atoms with E-state index in [-0.39, 0.29) is 18.0 Å². The van der Waals surface area contributed by atoms with Crippen LogP contribution < -0.4 is 20.7 Å². The molecule has 0 radical (unpaired) electrons. The van der Waals surface area contributed by atoms with E-state index in [0.717, 1.165) is 35.7 Å². The van der Waals surface area contributed by atoms with Crippen LogP contribution in [0.15, 0.2) is 48.5 Å². The molecular formula is C22H28N4O3. The number of rotatable bonds is 6. The van der Waals surface area contributed by atoms with Crippen molar-refractivity contribution in [2.24, 2.45) is 0 Å². The van der Waals surface area contributed by atoms with Crippen molar-refractivity contribution in [2.45, 2.75) is 32.5 Å². The largest absolute Gasteiger partial charge is 0.497 e. The summed E-state index contributed by atoms with van der Waals surface area (Å²) < 4.78 is 5.13. The maximum atomic E-state index is 12.1. The Kier molecular flexibility index (Phi) is 7.08. The van der Waals surface area contributed by atoms with Crippen LogP contribution in [0.1, 0.15) is 24.5 Å². The van der Waals surface area contributed by atoms with Crippen LogP contribution in [0.25, 0.3) is 0 Å². The van der Waals surface area contributed by atoms with Gasteiger partial charge in [0.05, 0.1) is 7.11 Å². The Labute approximate surface area is 171 Å². The fourth-order valence-electron chi connectivity index (χ4n) is 3.29. The summed E-state index contributed by atoms with van der Waals surface area (Å²) in [5.41, 5.74) is 2.88. The Hall–Kier alpha value is -3.06. The highest BCUT2D eigenvalue weighted by Crippen LogP contribution is 2.15. The standard InChI is InChI=1S/C22H28N4O3/c1-16-13-21(27)23-11-12-26(16)15-18-3-7-19(8-4-18)25-22(28)24-14-17-5-9-20(29-2)10-6-17/h3-10,16H,11-15H2,1-2H3,(H,23,27)(H2,24,25,28). The molecular weight excluding hydrogens is 368 g/mol. The van der Waals surface area contributed by atoms with Gasteiger partial charge >= 0.3 is 6.03 Å². The highest BCUT2D eigenvalue weighted by atomic mass is 16.5. The Morgan fingerprint density at radius 3 is 2.52 bits per heavy atom. The summed E-state index contributed by atoms with van der Waals surface area (Å²) >= 11 is 0. The van der Waals surface area contributed by atoms with Gasteiger partial charge in [0.2, 0.25) is 5.91 Å². The first-order valence-electron chi connectivity index (χ1n) is 9.81. The second-order valence-corrected chi connectivity index (χ2v) is 7.23. The fourth-order valence-corrected chi connectivity index (χ4v) is 3.29. The summed E-state index contributed by atoms with van der Waals surface area (Å²) in [5.74, 6) is 0.899. The predicted molar refractivity (Wildman–Crippen MR) is 113 cm³/mol. The summed E-state index contributed by atoms with van der Waals surface area (Å²) in [7, 11) is 1.62. The average molecular weight is 396 g/mol. The fraction of sp³-hybridized carbons (Fsp3) is 0.364. The van der Waals surface area contributed by atoms with Crippen LogP contribution in [0.3, 0.4) is 0 Å². The van der Waals surface area contributed by atoms with Gasteiger partial charge in [-0.2, -0.15) is 0 Å². The highest BCUT2D eigenvalue weighted by molar-refractivity contribution is 5.89. The lowest BCUT2D eigenvalue weighted by molar-refractivity contribution is -0.121. The van der Waals surface area contributed by atoms with E-state index in [2.05, 4.69) is 27.8 Å². The summed E-state index contributed by atoms with van der Waals surface area (Å²) in [6, 6.07) is 15.3. The number of nitrogens with zero attached hydrogens (tertiary/aromatic N) is 1. The molecule has 7 nitrogen and oxygen atoms in total. The van der Waals surface area contributed by atoms with Crippen molar-refractivity contribution in [3.8, 4) is 5.75 Å². The van der Waals surface area contributed by atoms with Crippen molar-refractivity contribution >= 4 is 17.6 Å². The van der Waals surface area contributed by atoms with Crippen molar-refractivity contribution in [2.75, 3.05) is 25.5 Å². The van der Waals surface area contributed by atoms with Gasteiger partial charge < -0.3 is 20.7 Å².